The Kier molecular flexibility index (Phi) is 10.6. The Hall–Kier alpha value is -5.39. The molecule has 3 heterocycles. The van der Waals surface area contributed by atoms with Crippen LogP contribution in [0.4, 0.5) is 0 Å². The number of rotatable bonds is 5. The summed E-state index contributed by atoms with van der Waals surface area (Å²) in [6, 6.07) is 56.7. The number of benzene rings is 6. The van der Waals surface area contributed by atoms with Crippen LogP contribution >= 0.6 is 0 Å². The predicted octanol–water partition coefficient (Wildman–Crippen LogP) is 12.4. The Morgan fingerprint density at radius 1 is 0.691 bits per heavy atom. The molecule has 3 aromatic heterocycles. The van der Waals surface area contributed by atoms with Crippen molar-refractivity contribution in [3.05, 3.63) is 169 Å². The van der Waals surface area contributed by atoms with Gasteiger partial charge in [0.2, 0.25) is 0 Å². The molecule has 0 aliphatic rings. The molecule has 0 spiro atoms. The average molecular weight is 910 g/mol. The van der Waals surface area contributed by atoms with Gasteiger partial charge < -0.3 is 14.0 Å². The molecule has 0 aliphatic heterocycles. The average Bonchev–Trinajstić information content (AvgIpc) is 3.77. The van der Waals surface area contributed by atoms with Gasteiger partial charge in [-0.15, -0.1) is 54.1 Å². The van der Waals surface area contributed by atoms with Crippen LogP contribution in [0, 0.1) is 12.1 Å². The Bertz CT molecular complexity index is 2720. The molecule has 0 N–H and O–H groups in total. The first-order chi connectivity index (χ1) is 26.1. The predicted molar refractivity (Wildman–Crippen MR) is 228 cm³/mol. The first-order valence-electron chi connectivity index (χ1n) is 18.5. The molecular weight excluding hydrogens is 867 g/mol. The van der Waals surface area contributed by atoms with E-state index in [0.29, 0.717) is 0 Å². The number of hydrogen-bond acceptors (Lipinski definition) is 3. The van der Waals surface area contributed by atoms with E-state index < -0.39 is 8.07 Å². The Morgan fingerprint density at radius 3 is 2.13 bits per heavy atom. The summed E-state index contributed by atoms with van der Waals surface area (Å²) >= 11 is 0. The SMILES string of the molecule is CC(C)(C)c1ccc(-n2c(-c3[c-]ccc4c3oc3ccccc34)nc3ccccc32)cc1.C[Si](C)(C)c1cnc(-c2[c-]cccc2)cc1-c1ccccc1.[Ir]. The second kappa shape index (κ2) is 15.4. The van der Waals surface area contributed by atoms with E-state index in [1.165, 1.54) is 21.9 Å². The summed E-state index contributed by atoms with van der Waals surface area (Å²) in [6.45, 7) is 13.8. The van der Waals surface area contributed by atoms with E-state index >= 15 is 0 Å². The topological polar surface area (TPSA) is 43.9 Å². The third-order valence-electron chi connectivity index (χ3n) is 9.90. The summed E-state index contributed by atoms with van der Waals surface area (Å²) < 4.78 is 8.51. The van der Waals surface area contributed by atoms with Crippen LogP contribution < -0.4 is 5.19 Å². The number of imidazole rings is 1. The van der Waals surface area contributed by atoms with Crippen molar-refractivity contribution in [2.45, 2.75) is 45.8 Å². The van der Waals surface area contributed by atoms with Gasteiger partial charge >= 0.3 is 0 Å². The summed E-state index contributed by atoms with van der Waals surface area (Å²) in [5, 5.41) is 3.59. The molecular formula is C49H43IrN3OSi-2. The van der Waals surface area contributed by atoms with Crippen LogP contribution in [0.15, 0.2) is 156 Å². The molecule has 9 rings (SSSR count). The summed E-state index contributed by atoms with van der Waals surface area (Å²) in [5.41, 5.74) is 11.7. The fourth-order valence-corrected chi connectivity index (χ4v) is 8.51. The van der Waals surface area contributed by atoms with E-state index in [1.807, 2.05) is 48.5 Å². The zero-order chi connectivity index (χ0) is 37.5. The van der Waals surface area contributed by atoms with Crippen LogP contribution in [0.25, 0.3) is 72.4 Å². The first-order valence-corrected chi connectivity index (χ1v) is 22.0. The second-order valence-electron chi connectivity index (χ2n) is 15.8. The van der Waals surface area contributed by atoms with Crippen LogP contribution in [0.2, 0.25) is 19.6 Å². The Labute approximate surface area is 338 Å². The van der Waals surface area contributed by atoms with E-state index in [2.05, 4.69) is 160 Å². The zero-order valence-corrected chi connectivity index (χ0v) is 35.4. The fourth-order valence-electron chi connectivity index (χ4n) is 7.03. The number of hydrogen-bond donors (Lipinski definition) is 0. The number of pyridine rings is 1. The minimum atomic E-state index is -1.46. The molecule has 6 heteroatoms. The van der Waals surface area contributed by atoms with Crippen molar-refractivity contribution in [3.63, 3.8) is 0 Å². The van der Waals surface area contributed by atoms with Crippen molar-refractivity contribution < 1.29 is 24.5 Å². The van der Waals surface area contributed by atoms with Crippen LogP contribution in [-0.2, 0) is 25.5 Å². The summed E-state index contributed by atoms with van der Waals surface area (Å²) in [5.74, 6) is 0.833. The van der Waals surface area contributed by atoms with Gasteiger partial charge in [0.05, 0.1) is 30.5 Å². The molecule has 0 saturated carbocycles. The normalized spacial score (nSPS) is 11.7. The molecule has 55 heavy (non-hydrogen) atoms. The van der Waals surface area contributed by atoms with E-state index in [4.69, 9.17) is 14.4 Å². The molecule has 4 nitrogen and oxygen atoms in total. The van der Waals surface area contributed by atoms with Crippen LogP contribution in [0.5, 0.6) is 0 Å². The van der Waals surface area contributed by atoms with Crippen molar-refractivity contribution >= 4 is 46.2 Å². The third-order valence-corrected chi connectivity index (χ3v) is 11.9. The van der Waals surface area contributed by atoms with E-state index in [9.17, 15) is 0 Å². The molecule has 0 atom stereocenters. The number of furan rings is 1. The van der Waals surface area contributed by atoms with Crippen LogP contribution in [-0.4, -0.2) is 22.6 Å². The van der Waals surface area contributed by atoms with Crippen LogP contribution in [0.3, 0.4) is 0 Å². The maximum Gasteiger partial charge on any atom is 0.120 e. The minimum absolute atomic E-state index is 0. The van der Waals surface area contributed by atoms with Crippen molar-refractivity contribution in [1.29, 1.82) is 0 Å². The fraction of sp³-hybridized carbons (Fsp3) is 0.143. The van der Waals surface area contributed by atoms with Gasteiger partial charge in [0.1, 0.15) is 5.58 Å². The molecule has 0 bridgehead atoms. The van der Waals surface area contributed by atoms with Crippen molar-refractivity contribution in [1.82, 2.24) is 14.5 Å². The summed E-state index contributed by atoms with van der Waals surface area (Å²) in [4.78, 5) is 9.73. The van der Waals surface area contributed by atoms with Gasteiger partial charge in [-0.3, -0.25) is 4.98 Å². The standard InChI is InChI=1S/C29H23N2O.C20H20NSi.Ir/c1-29(2,3)19-15-17-20(18-16-19)31-25-13-6-5-12-24(25)30-28(31)23-11-8-10-22-21-9-4-7-14-26(21)32-27(22)23;1-22(2,3)20-15-21-19(17-12-8-5-9-13-17)14-18(20)16-10-6-4-7-11-16;/h4-10,12-18H,1-3H3;4-12,14-15H,1-3H3;/q2*-1;. The molecule has 275 valence electrons. The van der Waals surface area contributed by atoms with E-state index in [0.717, 1.165) is 61.3 Å². The van der Waals surface area contributed by atoms with Crippen molar-refractivity contribution in [3.8, 4) is 39.5 Å². The van der Waals surface area contributed by atoms with Gasteiger partial charge in [-0.05, 0) is 63.3 Å². The molecule has 1 radical (unpaired) electrons. The molecule has 0 saturated heterocycles. The third kappa shape index (κ3) is 7.63. The Balaban J connectivity index is 0.000000178. The molecule has 0 fully saturated rings. The van der Waals surface area contributed by atoms with Gasteiger partial charge in [0.15, 0.2) is 0 Å². The monoisotopic (exact) mass is 910 g/mol. The van der Waals surface area contributed by atoms with Gasteiger partial charge in [-0.2, -0.15) is 0 Å². The second-order valence-corrected chi connectivity index (χ2v) is 20.8. The van der Waals surface area contributed by atoms with Crippen molar-refractivity contribution in [2.75, 3.05) is 0 Å². The zero-order valence-electron chi connectivity index (χ0n) is 32.0. The van der Waals surface area contributed by atoms with E-state index in [1.54, 1.807) is 0 Å². The number of nitrogens with zero attached hydrogens (tertiary/aromatic N) is 3. The molecule has 0 amide bonds. The minimum Gasteiger partial charge on any atom is -0.501 e. The van der Waals surface area contributed by atoms with Gasteiger partial charge in [-0.25, -0.2) is 0 Å². The quantitative estimate of drug-likeness (QED) is 0.128. The Morgan fingerprint density at radius 2 is 1.40 bits per heavy atom. The summed E-state index contributed by atoms with van der Waals surface area (Å²) in [6.07, 6.45) is 2.07. The molecule has 0 aliphatic carbocycles. The number of fused-ring (bicyclic) bond motifs is 4. The van der Waals surface area contributed by atoms with Crippen molar-refractivity contribution in [2.24, 2.45) is 0 Å². The number of para-hydroxylation sites is 3. The number of aromatic nitrogens is 3. The molecule has 9 aromatic rings. The summed E-state index contributed by atoms with van der Waals surface area (Å²) in [7, 11) is -1.46. The maximum atomic E-state index is 6.30. The first kappa shape index (κ1) is 37.9. The molecule has 6 aromatic carbocycles. The smallest absolute Gasteiger partial charge is 0.120 e. The van der Waals surface area contributed by atoms with Gasteiger partial charge in [0, 0.05) is 37.4 Å². The van der Waals surface area contributed by atoms with Crippen LogP contribution in [0.1, 0.15) is 26.3 Å². The molecule has 0 unspecified atom stereocenters. The van der Waals surface area contributed by atoms with E-state index in [-0.39, 0.29) is 25.5 Å². The largest absolute Gasteiger partial charge is 0.501 e. The van der Waals surface area contributed by atoms with Gasteiger partial charge in [-0.1, -0.05) is 130 Å². The van der Waals surface area contributed by atoms with Gasteiger partial charge in [0.25, 0.3) is 0 Å². The maximum absolute atomic E-state index is 6.30.